The molecule has 14 heavy (non-hydrogen) atoms. The van der Waals surface area contributed by atoms with Gasteiger partial charge in [0.25, 0.3) is 0 Å². The zero-order valence-corrected chi connectivity index (χ0v) is 7.79. The van der Waals surface area contributed by atoms with Crippen molar-refractivity contribution >= 4 is 5.69 Å². The molecule has 0 saturated carbocycles. The highest BCUT2D eigenvalue weighted by atomic mass is 16.3. The number of nitrogens with one attached hydrogen (secondary N) is 1. The van der Waals surface area contributed by atoms with Crippen molar-refractivity contribution in [1.29, 1.82) is 0 Å². The molecular weight excluding hydrogens is 174 g/mol. The summed E-state index contributed by atoms with van der Waals surface area (Å²) >= 11 is 0. The van der Waals surface area contributed by atoms with Crippen LogP contribution in [0.2, 0.25) is 0 Å². The van der Waals surface area contributed by atoms with Crippen molar-refractivity contribution in [3.63, 3.8) is 0 Å². The molecule has 2 heterocycles. The van der Waals surface area contributed by atoms with Crippen LogP contribution >= 0.6 is 0 Å². The van der Waals surface area contributed by atoms with E-state index in [0.29, 0.717) is 0 Å². The molecular formula is C12H11NO. The second kappa shape index (κ2) is 2.91. The zero-order chi connectivity index (χ0) is 9.38. The van der Waals surface area contributed by atoms with E-state index in [2.05, 4.69) is 23.5 Å². The molecule has 1 aliphatic heterocycles. The molecule has 0 spiro atoms. The summed E-state index contributed by atoms with van der Waals surface area (Å²) in [4.78, 5) is 0. The predicted molar refractivity (Wildman–Crippen MR) is 56.3 cm³/mol. The van der Waals surface area contributed by atoms with Crippen molar-refractivity contribution in [2.24, 2.45) is 0 Å². The lowest BCUT2D eigenvalue weighted by Gasteiger charge is -2.04. The molecule has 1 aromatic carbocycles. The molecule has 0 saturated heterocycles. The minimum absolute atomic E-state index is 1.05. The molecule has 1 aliphatic rings. The Morgan fingerprint density at radius 3 is 3.07 bits per heavy atom. The van der Waals surface area contributed by atoms with Gasteiger partial charge in [-0.2, -0.15) is 0 Å². The van der Waals surface area contributed by atoms with Crippen LogP contribution in [0, 0.1) is 0 Å². The fourth-order valence-corrected chi connectivity index (χ4v) is 2.03. The number of furan rings is 1. The Bertz CT molecular complexity index is 445. The fraction of sp³-hybridized carbons (Fsp3) is 0.167. The number of hydrogen-bond donors (Lipinski definition) is 1. The second-order valence-corrected chi connectivity index (χ2v) is 3.52. The molecule has 2 heteroatoms. The van der Waals surface area contributed by atoms with Crippen molar-refractivity contribution < 1.29 is 4.42 Å². The van der Waals surface area contributed by atoms with Crippen LogP contribution in [0.5, 0.6) is 0 Å². The quantitative estimate of drug-likeness (QED) is 0.739. The van der Waals surface area contributed by atoms with Gasteiger partial charge in [-0.05, 0) is 29.7 Å². The van der Waals surface area contributed by atoms with Crippen LogP contribution in [0.3, 0.4) is 0 Å². The van der Waals surface area contributed by atoms with Gasteiger partial charge in [0.15, 0.2) is 0 Å². The van der Waals surface area contributed by atoms with Crippen molar-refractivity contribution in [2.45, 2.75) is 6.42 Å². The monoisotopic (exact) mass is 185 g/mol. The Hall–Kier alpha value is -1.70. The first-order chi connectivity index (χ1) is 6.95. The van der Waals surface area contributed by atoms with Gasteiger partial charge in [0.2, 0.25) is 0 Å². The normalized spacial score (nSPS) is 13.7. The van der Waals surface area contributed by atoms with E-state index in [0.717, 1.165) is 13.0 Å². The largest absolute Gasteiger partial charge is 0.472 e. The minimum Gasteiger partial charge on any atom is -0.472 e. The Morgan fingerprint density at radius 1 is 1.21 bits per heavy atom. The van der Waals surface area contributed by atoms with Gasteiger partial charge in [-0.3, -0.25) is 0 Å². The van der Waals surface area contributed by atoms with E-state index in [4.69, 9.17) is 4.42 Å². The maximum Gasteiger partial charge on any atom is 0.0981 e. The summed E-state index contributed by atoms with van der Waals surface area (Å²) < 4.78 is 5.11. The van der Waals surface area contributed by atoms with E-state index >= 15 is 0 Å². The number of rotatable bonds is 1. The molecule has 0 atom stereocenters. The number of anilines is 1. The minimum atomic E-state index is 1.05. The lowest BCUT2D eigenvalue weighted by Crippen LogP contribution is -1.90. The van der Waals surface area contributed by atoms with Crippen molar-refractivity contribution in [2.75, 3.05) is 11.9 Å². The Labute approximate surface area is 82.6 Å². The molecule has 70 valence electrons. The molecule has 0 aliphatic carbocycles. The van der Waals surface area contributed by atoms with Gasteiger partial charge in [-0.15, -0.1) is 0 Å². The van der Waals surface area contributed by atoms with E-state index in [1.54, 1.807) is 12.5 Å². The third kappa shape index (κ3) is 1.04. The van der Waals surface area contributed by atoms with Crippen LogP contribution in [0.15, 0.2) is 41.2 Å². The second-order valence-electron chi connectivity index (χ2n) is 3.52. The maximum atomic E-state index is 5.11. The van der Waals surface area contributed by atoms with E-state index < -0.39 is 0 Å². The van der Waals surface area contributed by atoms with Crippen molar-refractivity contribution in [1.82, 2.24) is 0 Å². The predicted octanol–water partition coefficient (Wildman–Crippen LogP) is 2.91. The van der Waals surface area contributed by atoms with Crippen LogP contribution in [-0.2, 0) is 6.42 Å². The topological polar surface area (TPSA) is 25.2 Å². The summed E-state index contributed by atoms with van der Waals surface area (Å²) in [5.74, 6) is 0. The van der Waals surface area contributed by atoms with Gasteiger partial charge in [0.05, 0.1) is 12.5 Å². The van der Waals surface area contributed by atoms with Crippen LogP contribution in [0.1, 0.15) is 5.56 Å². The summed E-state index contributed by atoms with van der Waals surface area (Å²) in [5, 5.41) is 3.37. The van der Waals surface area contributed by atoms with Crippen LogP contribution < -0.4 is 5.32 Å². The standard InChI is InChI=1S/C12H11NO/c1-2-10(9-5-7-14-8-9)11-4-6-13-12(11)3-1/h1-3,5,7-8,13H,4,6H2. The molecule has 0 fully saturated rings. The van der Waals surface area contributed by atoms with Crippen LogP contribution in [0.25, 0.3) is 11.1 Å². The van der Waals surface area contributed by atoms with E-state index in [-0.39, 0.29) is 0 Å². The first-order valence-corrected chi connectivity index (χ1v) is 4.83. The highest BCUT2D eigenvalue weighted by Gasteiger charge is 2.14. The summed E-state index contributed by atoms with van der Waals surface area (Å²) in [6, 6.07) is 8.37. The van der Waals surface area contributed by atoms with E-state index in [1.807, 2.05) is 6.07 Å². The summed E-state index contributed by atoms with van der Waals surface area (Å²) in [6.45, 7) is 1.05. The van der Waals surface area contributed by atoms with Gasteiger partial charge < -0.3 is 9.73 Å². The summed E-state index contributed by atoms with van der Waals surface area (Å²) in [5.41, 5.74) is 5.14. The molecule has 3 rings (SSSR count). The lowest BCUT2D eigenvalue weighted by molar-refractivity contribution is 0.568. The number of benzene rings is 1. The first kappa shape index (κ1) is 7.68. The molecule has 1 aromatic heterocycles. The average Bonchev–Trinajstić information content (AvgIpc) is 2.88. The third-order valence-electron chi connectivity index (χ3n) is 2.70. The Kier molecular flexibility index (Phi) is 1.60. The van der Waals surface area contributed by atoms with Gasteiger partial charge >= 0.3 is 0 Å². The van der Waals surface area contributed by atoms with Crippen LogP contribution in [-0.4, -0.2) is 6.54 Å². The third-order valence-corrected chi connectivity index (χ3v) is 2.70. The summed E-state index contributed by atoms with van der Waals surface area (Å²) in [7, 11) is 0. The summed E-state index contributed by atoms with van der Waals surface area (Å²) in [6.07, 6.45) is 4.63. The molecule has 2 nitrogen and oxygen atoms in total. The number of fused-ring (bicyclic) bond motifs is 1. The van der Waals surface area contributed by atoms with E-state index in [1.165, 1.54) is 22.4 Å². The zero-order valence-electron chi connectivity index (χ0n) is 7.79. The number of hydrogen-bond acceptors (Lipinski definition) is 2. The SMILES string of the molecule is c1cc2c(c(-c3ccoc3)c1)CCN2. The van der Waals surface area contributed by atoms with Crippen molar-refractivity contribution in [3.8, 4) is 11.1 Å². The highest BCUT2D eigenvalue weighted by molar-refractivity contribution is 5.75. The Morgan fingerprint density at radius 2 is 2.21 bits per heavy atom. The molecule has 2 aromatic rings. The first-order valence-electron chi connectivity index (χ1n) is 4.83. The maximum absolute atomic E-state index is 5.11. The van der Waals surface area contributed by atoms with E-state index in [9.17, 15) is 0 Å². The fourth-order valence-electron chi connectivity index (χ4n) is 2.03. The van der Waals surface area contributed by atoms with Crippen molar-refractivity contribution in [3.05, 3.63) is 42.4 Å². The van der Waals surface area contributed by atoms with Gasteiger partial charge in [-0.1, -0.05) is 12.1 Å². The molecule has 0 radical (unpaired) electrons. The van der Waals surface area contributed by atoms with Gasteiger partial charge in [-0.25, -0.2) is 0 Å². The molecule has 0 unspecified atom stereocenters. The molecule has 0 amide bonds. The van der Waals surface area contributed by atoms with Gasteiger partial charge in [0, 0.05) is 17.8 Å². The van der Waals surface area contributed by atoms with Crippen LogP contribution in [0.4, 0.5) is 5.69 Å². The Balaban J connectivity index is 2.20. The lowest BCUT2D eigenvalue weighted by atomic mass is 10.0. The molecule has 0 bridgehead atoms. The highest BCUT2D eigenvalue weighted by Crippen LogP contribution is 2.32. The molecule has 1 N–H and O–H groups in total. The smallest absolute Gasteiger partial charge is 0.0981 e. The van der Waals surface area contributed by atoms with Gasteiger partial charge in [0.1, 0.15) is 0 Å². The average molecular weight is 185 g/mol.